The summed E-state index contributed by atoms with van der Waals surface area (Å²) in [5.74, 6) is 0.338. The van der Waals surface area contributed by atoms with Crippen LogP contribution < -0.4 is 5.73 Å². The predicted molar refractivity (Wildman–Crippen MR) is 95.8 cm³/mol. The quantitative estimate of drug-likeness (QED) is 0.783. The van der Waals surface area contributed by atoms with E-state index in [0.29, 0.717) is 24.6 Å². The summed E-state index contributed by atoms with van der Waals surface area (Å²) in [5.41, 5.74) is 8.14. The molecule has 132 valence electrons. The zero-order valence-electron chi connectivity index (χ0n) is 14.1. The number of benzene rings is 1. The SMILES string of the molecule is Nc1ncnc2nc([C@H]3CCN(C(=O)Cc4ccc(F)cc4)C3)ccc12. The Balaban J connectivity index is 1.46. The highest BCUT2D eigenvalue weighted by molar-refractivity contribution is 5.84. The number of hydrogen-bond acceptors (Lipinski definition) is 5. The van der Waals surface area contributed by atoms with Gasteiger partial charge in [-0.2, -0.15) is 0 Å². The van der Waals surface area contributed by atoms with Crippen LogP contribution in [0.1, 0.15) is 23.6 Å². The Hall–Kier alpha value is -3.09. The van der Waals surface area contributed by atoms with Gasteiger partial charge in [-0.15, -0.1) is 0 Å². The molecule has 1 aromatic carbocycles. The fourth-order valence-corrected chi connectivity index (χ4v) is 3.32. The van der Waals surface area contributed by atoms with Crippen LogP contribution in [0.15, 0.2) is 42.7 Å². The molecule has 1 aliphatic heterocycles. The number of carbonyl (C=O) groups excluding carboxylic acids is 1. The van der Waals surface area contributed by atoms with Crippen molar-refractivity contribution < 1.29 is 9.18 Å². The Kier molecular flexibility index (Phi) is 4.20. The van der Waals surface area contributed by atoms with Crippen LogP contribution >= 0.6 is 0 Å². The number of anilines is 1. The summed E-state index contributed by atoms with van der Waals surface area (Å²) in [7, 11) is 0. The lowest BCUT2D eigenvalue weighted by atomic mass is 10.0. The van der Waals surface area contributed by atoms with Crippen molar-refractivity contribution in [1.82, 2.24) is 19.9 Å². The number of amides is 1. The Labute approximate surface area is 149 Å². The van der Waals surface area contributed by atoms with Gasteiger partial charge >= 0.3 is 0 Å². The van der Waals surface area contributed by atoms with Gasteiger partial charge in [0.1, 0.15) is 18.0 Å². The second kappa shape index (κ2) is 6.67. The standard InChI is InChI=1S/C19H18FN5O/c20-14-3-1-12(2-4-14)9-17(26)25-8-7-13(10-25)16-6-5-15-18(21)22-11-23-19(15)24-16/h1-6,11,13H,7-10H2,(H2,21,22,23,24)/t13-/m0/s1. The van der Waals surface area contributed by atoms with Gasteiger partial charge in [0.2, 0.25) is 5.91 Å². The number of hydrogen-bond donors (Lipinski definition) is 1. The van der Waals surface area contributed by atoms with E-state index in [-0.39, 0.29) is 24.1 Å². The number of aromatic nitrogens is 3. The summed E-state index contributed by atoms with van der Waals surface area (Å²) in [5, 5.41) is 0.735. The van der Waals surface area contributed by atoms with Crippen LogP contribution in [0, 0.1) is 5.82 Å². The topological polar surface area (TPSA) is 85.0 Å². The second-order valence-electron chi connectivity index (χ2n) is 6.49. The minimum absolute atomic E-state index is 0.0477. The molecule has 1 amide bonds. The fraction of sp³-hybridized carbons (Fsp3) is 0.263. The molecule has 6 nitrogen and oxygen atoms in total. The Bertz CT molecular complexity index is 960. The molecule has 1 aliphatic rings. The number of nitrogens with two attached hydrogens (primary N) is 1. The smallest absolute Gasteiger partial charge is 0.227 e. The molecule has 2 N–H and O–H groups in total. The van der Waals surface area contributed by atoms with Crippen molar-refractivity contribution in [3.8, 4) is 0 Å². The molecule has 4 rings (SSSR count). The zero-order valence-corrected chi connectivity index (χ0v) is 14.1. The maximum atomic E-state index is 13.0. The molecule has 3 aromatic rings. The number of pyridine rings is 1. The highest BCUT2D eigenvalue weighted by atomic mass is 19.1. The summed E-state index contributed by atoms with van der Waals surface area (Å²) in [4.78, 5) is 27.1. The van der Waals surface area contributed by atoms with Crippen LogP contribution in [0.5, 0.6) is 0 Å². The van der Waals surface area contributed by atoms with Gasteiger partial charge in [-0.1, -0.05) is 12.1 Å². The van der Waals surface area contributed by atoms with Gasteiger partial charge in [-0.05, 0) is 36.2 Å². The largest absolute Gasteiger partial charge is 0.383 e. The summed E-state index contributed by atoms with van der Waals surface area (Å²) < 4.78 is 13.0. The second-order valence-corrected chi connectivity index (χ2v) is 6.49. The summed E-state index contributed by atoms with van der Waals surface area (Å²) in [6.07, 6.45) is 2.54. The molecule has 0 spiro atoms. The van der Waals surface area contributed by atoms with E-state index in [0.717, 1.165) is 23.1 Å². The maximum absolute atomic E-state index is 13.0. The van der Waals surface area contributed by atoms with Crippen molar-refractivity contribution in [2.24, 2.45) is 0 Å². The van der Waals surface area contributed by atoms with E-state index >= 15 is 0 Å². The van der Waals surface area contributed by atoms with Gasteiger partial charge in [0.15, 0.2) is 5.65 Å². The van der Waals surface area contributed by atoms with Crippen LogP contribution in [-0.4, -0.2) is 38.8 Å². The molecule has 3 heterocycles. The van der Waals surface area contributed by atoms with E-state index in [1.807, 2.05) is 17.0 Å². The fourth-order valence-electron chi connectivity index (χ4n) is 3.32. The first kappa shape index (κ1) is 16.4. The number of fused-ring (bicyclic) bond motifs is 1. The zero-order chi connectivity index (χ0) is 18.1. The third-order valence-electron chi connectivity index (χ3n) is 4.78. The van der Waals surface area contributed by atoms with Crippen molar-refractivity contribution >= 4 is 22.8 Å². The molecule has 0 radical (unpaired) electrons. The molecule has 0 saturated carbocycles. The van der Waals surface area contributed by atoms with Crippen LogP contribution in [0.2, 0.25) is 0 Å². The molecular formula is C19H18FN5O. The minimum Gasteiger partial charge on any atom is -0.383 e. The average molecular weight is 351 g/mol. The number of rotatable bonds is 3. The van der Waals surface area contributed by atoms with Crippen molar-refractivity contribution in [1.29, 1.82) is 0 Å². The Morgan fingerprint density at radius 2 is 2.00 bits per heavy atom. The maximum Gasteiger partial charge on any atom is 0.227 e. The van der Waals surface area contributed by atoms with Gasteiger partial charge in [-0.3, -0.25) is 4.79 Å². The number of likely N-dealkylation sites (tertiary alicyclic amines) is 1. The van der Waals surface area contributed by atoms with Crippen LogP contribution in [0.4, 0.5) is 10.2 Å². The molecule has 1 fully saturated rings. The van der Waals surface area contributed by atoms with Gasteiger partial charge < -0.3 is 10.6 Å². The summed E-state index contributed by atoms with van der Waals surface area (Å²) in [6.45, 7) is 1.31. The molecule has 2 aromatic heterocycles. The van der Waals surface area contributed by atoms with Crippen LogP contribution in [0.3, 0.4) is 0 Å². The molecular weight excluding hydrogens is 333 g/mol. The summed E-state index contributed by atoms with van der Waals surface area (Å²) >= 11 is 0. The van der Waals surface area contributed by atoms with E-state index in [1.54, 1.807) is 12.1 Å². The molecule has 1 saturated heterocycles. The first-order valence-electron chi connectivity index (χ1n) is 8.49. The number of nitrogen functional groups attached to an aromatic ring is 1. The normalized spacial score (nSPS) is 17.0. The highest BCUT2D eigenvalue weighted by Crippen LogP contribution is 2.28. The summed E-state index contributed by atoms with van der Waals surface area (Å²) in [6, 6.07) is 9.87. The predicted octanol–water partition coefficient (Wildman–Crippen LogP) is 2.30. The third-order valence-corrected chi connectivity index (χ3v) is 4.78. The molecule has 0 aliphatic carbocycles. The number of halogens is 1. The average Bonchev–Trinajstić information content (AvgIpc) is 3.14. The van der Waals surface area contributed by atoms with Crippen LogP contribution in [-0.2, 0) is 11.2 Å². The molecule has 26 heavy (non-hydrogen) atoms. The van der Waals surface area contributed by atoms with E-state index in [9.17, 15) is 9.18 Å². The van der Waals surface area contributed by atoms with E-state index in [2.05, 4.69) is 15.0 Å². The molecule has 0 unspecified atom stereocenters. The third kappa shape index (κ3) is 3.20. The van der Waals surface area contributed by atoms with Crippen molar-refractivity contribution in [3.05, 3.63) is 59.8 Å². The Morgan fingerprint density at radius 3 is 2.81 bits per heavy atom. The lowest BCUT2D eigenvalue weighted by Gasteiger charge is -2.16. The molecule has 0 bridgehead atoms. The van der Waals surface area contributed by atoms with E-state index in [4.69, 9.17) is 5.73 Å². The van der Waals surface area contributed by atoms with E-state index < -0.39 is 0 Å². The van der Waals surface area contributed by atoms with Crippen molar-refractivity contribution in [2.75, 3.05) is 18.8 Å². The van der Waals surface area contributed by atoms with E-state index in [1.165, 1.54) is 18.5 Å². The van der Waals surface area contributed by atoms with Crippen molar-refractivity contribution in [2.45, 2.75) is 18.8 Å². The Morgan fingerprint density at radius 1 is 1.19 bits per heavy atom. The lowest BCUT2D eigenvalue weighted by Crippen LogP contribution is -2.29. The molecule has 7 heteroatoms. The first-order chi connectivity index (χ1) is 12.6. The first-order valence-corrected chi connectivity index (χ1v) is 8.49. The van der Waals surface area contributed by atoms with Gasteiger partial charge in [0.25, 0.3) is 0 Å². The number of carbonyl (C=O) groups is 1. The monoisotopic (exact) mass is 351 g/mol. The molecule has 1 atom stereocenters. The lowest BCUT2D eigenvalue weighted by molar-refractivity contribution is -0.129. The van der Waals surface area contributed by atoms with Crippen LogP contribution in [0.25, 0.3) is 11.0 Å². The van der Waals surface area contributed by atoms with Gasteiger partial charge in [0.05, 0.1) is 11.8 Å². The minimum atomic E-state index is -0.297. The van der Waals surface area contributed by atoms with Crippen molar-refractivity contribution in [3.63, 3.8) is 0 Å². The highest BCUT2D eigenvalue weighted by Gasteiger charge is 2.28. The number of nitrogens with zero attached hydrogens (tertiary/aromatic N) is 4. The van der Waals surface area contributed by atoms with Gasteiger partial charge in [-0.25, -0.2) is 19.3 Å². The van der Waals surface area contributed by atoms with Gasteiger partial charge in [0, 0.05) is 24.7 Å².